The summed E-state index contributed by atoms with van der Waals surface area (Å²) in [6.45, 7) is 0. The zero-order valence-electron chi connectivity index (χ0n) is 5.59. The highest BCUT2D eigenvalue weighted by Gasteiger charge is 2.15. The Hall–Kier alpha value is -0.280. The first kappa shape index (κ1) is 9.81. The molecule has 0 aliphatic rings. The highest BCUT2D eigenvalue weighted by atomic mass is 32.2. The summed E-state index contributed by atoms with van der Waals surface area (Å²) in [6, 6.07) is 1.16. The van der Waals surface area contributed by atoms with E-state index >= 15 is 0 Å². The van der Waals surface area contributed by atoms with Crippen LogP contribution >= 0.6 is 11.3 Å². The molecule has 0 aromatic carbocycles. The van der Waals surface area contributed by atoms with Crippen LogP contribution in [-0.2, 0) is 21.1 Å². The Kier molecular flexibility index (Phi) is 2.64. The fourth-order valence-corrected chi connectivity index (χ4v) is 3.46. The average molecular weight is 226 g/mol. The summed E-state index contributed by atoms with van der Waals surface area (Å²) < 4.78 is 42.0. The second-order valence-corrected chi connectivity index (χ2v) is 5.43. The molecular weight excluding hydrogens is 222 g/mol. The van der Waals surface area contributed by atoms with Crippen LogP contribution in [-0.4, -0.2) is 17.2 Å². The molecule has 1 aromatic rings. The summed E-state index contributed by atoms with van der Waals surface area (Å²) in [7, 11) is -3.92. The van der Waals surface area contributed by atoms with Gasteiger partial charge in [0.1, 0.15) is 4.90 Å². The largest absolute Gasteiger partial charge is 0.768 e. The maximum absolute atomic E-state index is 10.7. The van der Waals surface area contributed by atoms with Crippen LogP contribution in [0.1, 0.15) is 0 Å². The van der Waals surface area contributed by atoms with Crippen LogP contribution in [0, 0.1) is 0 Å². The van der Waals surface area contributed by atoms with E-state index < -0.39 is 21.1 Å². The monoisotopic (exact) mass is 226 g/mol. The lowest BCUT2D eigenvalue weighted by molar-refractivity contribution is 0.536. The van der Waals surface area contributed by atoms with Crippen LogP contribution in [0.25, 0.3) is 0 Å². The molecule has 1 atom stereocenters. The van der Waals surface area contributed by atoms with Gasteiger partial charge < -0.3 is 4.55 Å². The Balaban J connectivity index is 3.36. The minimum absolute atomic E-state index is 0.252. The van der Waals surface area contributed by atoms with E-state index in [0.29, 0.717) is 0 Å². The third-order valence-corrected chi connectivity index (χ3v) is 4.19. The summed E-state index contributed by atoms with van der Waals surface area (Å²) in [4.78, 5) is -0.346. The number of hydrogen-bond acceptors (Lipinski definition) is 5. The van der Waals surface area contributed by atoms with E-state index in [2.05, 4.69) is 0 Å². The molecule has 0 aliphatic heterocycles. The minimum Gasteiger partial charge on any atom is -0.768 e. The molecule has 0 saturated heterocycles. The quantitative estimate of drug-likeness (QED) is 0.695. The number of rotatable bonds is 2. The molecule has 1 aromatic heterocycles. The third kappa shape index (κ3) is 1.90. The predicted octanol–water partition coefficient (Wildman–Crippen LogP) is -0.366. The molecule has 68 valence electrons. The van der Waals surface area contributed by atoms with Crippen LogP contribution < -0.4 is 5.14 Å². The molecule has 0 spiro atoms. The minimum atomic E-state index is -3.92. The van der Waals surface area contributed by atoms with Gasteiger partial charge in [-0.25, -0.2) is 13.6 Å². The molecular formula is C4H4NO4S3-. The van der Waals surface area contributed by atoms with Crippen molar-refractivity contribution in [3.63, 3.8) is 0 Å². The second-order valence-electron chi connectivity index (χ2n) is 1.85. The van der Waals surface area contributed by atoms with E-state index in [4.69, 9.17) is 5.14 Å². The summed E-state index contributed by atoms with van der Waals surface area (Å²) in [5.74, 6) is 0. The van der Waals surface area contributed by atoms with Crippen molar-refractivity contribution < 1.29 is 17.2 Å². The van der Waals surface area contributed by atoms with Crippen LogP contribution in [0.3, 0.4) is 0 Å². The lowest BCUT2D eigenvalue weighted by Gasteiger charge is -2.03. The smallest absolute Gasteiger partial charge is 0.240 e. The first-order chi connectivity index (χ1) is 5.43. The number of thiophene rings is 1. The molecule has 1 rings (SSSR count). The van der Waals surface area contributed by atoms with Crippen LogP contribution in [0.15, 0.2) is 20.6 Å². The number of sulfonamides is 1. The Morgan fingerprint density at radius 3 is 2.50 bits per heavy atom. The van der Waals surface area contributed by atoms with Crippen molar-refractivity contribution in [3.05, 3.63) is 11.4 Å². The van der Waals surface area contributed by atoms with E-state index in [-0.39, 0.29) is 9.10 Å². The normalized spacial score (nSPS) is 14.5. The molecule has 0 radical (unpaired) electrons. The van der Waals surface area contributed by atoms with Gasteiger partial charge in [0.15, 0.2) is 0 Å². The Morgan fingerprint density at radius 1 is 1.58 bits per heavy atom. The van der Waals surface area contributed by atoms with E-state index in [0.717, 1.165) is 17.4 Å². The molecule has 8 heteroatoms. The van der Waals surface area contributed by atoms with Crippen molar-refractivity contribution in [2.75, 3.05) is 0 Å². The van der Waals surface area contributed by atoms with Gasteiger partial charge in [0.2, 0.25) is 10.0 Å². The van der Waals surface area contributed by atoms with Gasteiger partial charge in [-0.05, 0) is 22.5 Å². The van der Waals surface area contributed by atoms with Crippen molar-refractivity contribution in [1.82, 2.24) is 0 Å². The predicted molar refractivity (Wildman–Crippen MR) is 42.9 cm³/mol. The highest BCUT2D eigenvalue weighted by molar-refractivity contribution is 7.90. The van der Waals surface area contributed by atoms with Gasteiger partial charge in [-0.1, -0.05) is 0 Å². The van der Waals surface area contributed by atoms with Gasteiger partial charge in [0.25, 0.3) is 0 Å². The standard InChI is InChI=1S/C4H5NO4S3/c5-12(8,9)3-1-2-10-4(3)11(6)7/h1-2H,(H,6,7)(H2,5,8,9)/p-1. The molecule has 1 heterocycles. The fourth-order valence-electron chi connectivity index (χ4n) is 0.616. The molecule has 0 aliphatic carbocycles. The number of hydrogen-bond donors (Lipinski definition) is 1. The SMILES string of the molecule is NS(=O)(=O)c1ccsc1S(=O)[O-]. The first-order valence-corrected chi connectivity index (χ1v) is 6.12. The zero-order chi connectivity index (χ0) is 9.35. The lowest BCUT2D eigenvalue weighted by atomic mass is 10.7. The Labute approximate surface area is 75.5 Å². The summed E-state index contributed by atoms with van der Waals surface area (Å²) >= 11 is -1.73. The maximum Gasteiger partial charge on any atom is 0.240 e. The highest BCUT2D eigenvalue weighted by Crippen LogP contribution is 2.23. The molecule has 5 nitrogen and oxygen atoms in total. The van der Waals surface area contributed by atoms with Gasteiger partial charge >= 0.3 is 0 Å². The molecule has 12 heavy (non-hydrogen) atoms. The summed E-state index contributed by atoms with van der Waals surface area (Å²) in [5, 5.41) is 6.10. The van der Waals surface area contributed by atoms with E-state index in [1.807, 2.05) is 0 Å². The molecule has 0 fully saturated rings. The van der Waals surface area contributed by atoms with E-state index in [9.17, 15) is 17.2 Å². The van der Waals surface area contributed by atoms with Crippen LogP contribution in [0.2, 0.25) is 0 Å². The first-order valence-electron chi connectivity index (χ1n) is 2.62. The van der Waals surface area contributed by atoms with Crippen molar-refractivity contribution >= 4 is 32.4 Å². The third-order valence-electron chi connectivity index (χ3n) is 1.05. The molecule has 1 unspecified atom stereocenters. The second kappa shape index (κ2) is 3.23. The van der Waals surface area contributed by atoms with Crippen molar-refractivity contribution in [3.8, 4) is 0 Å². The van der Waals surface area contributed by atoms with Gasteiger partial charge in [-0.3, -0.25) is 4.21 Å². The van der Waals surface area contributed by atoms with Crippen LogP contribution in [0.4, 0.5) is 0 Å². The summed E-state index contributed by atoms with van der Waals surface area (Å²) in [6.07, 6.45) is 0. The van der Waals surface area contributed by atoms with Crippen molar-refractivity contribution in [2.45, 2.75) is 9.10 Å². The molecule has 0 amide bonds. The summed E-state index contributed by atoms with van der Waals surface area (Å²) in [5.41, 5.74) is 0. The van der Waals surface area contributed by atoms with Gasteiger partial charge in [-0.2, -0.15) is 0 Å². The van der Waals surface area contributed by atoms with Gasteiger partial charge in [0.05, 0.1) is 4.21 Å². The molecule has 0 bridgehead atoms. The van der Waals surface area contributed by atoms with Gasteiger partial charge in [0, 0.05) is 0 Å². The van der Waals surface area contributed by atoms with Crippen LogP contribution in [0.5, 0.6) is 0 Å². The molecule has 0 saturated carbocycles. The molecule has 2 N–H and O–H groups in total. The lowest BCUT2D eigenvalue weighted by Crippen LogP contribution is -2.13. The number of nitrogens with two attached hydrogens (primary N) is 1. The van der Waals surface area contributed by atoms with E-state index in [1.165, 1.54) is 5.38 Å². The Bertz CT molecular complexity index is 406. The fraction of sp³-hybridized carbons (Fsp3) is 0. The average Bonchev–Trinajstić information content (AvgIpc) is 2.30. The van der Waals surface area contributed by atoms with Crippen molar-refractivity contribution in [2.24, 2.45) is 5.14 Å². The van der Waals surface area contributed by atoms with Crippen molar-refractivity contribution in [1.29, 1.82) is 0 Å². The maximum atomic E-state index is 10.7. The number of primary sulfonamides is 1. The topological polar surface area (TPSA) is 100 Å². The van der Waals surface area contributed by atoms with Gasteiger partial charge in [-0.15, -0.1) is 11.3 Å². The Morgan fingerprint density at radius 2 is 2.17 bits per heavy atom. The van der Waals surface area contributed by atoms with E-state index in [1.54, 1.807) is 0 Å². The zero-order valence-corrected chi connectivity index (χ0v) is 8.04.